The van der Waals surface area contributed by atoms with Crippen molar-refractivity contribution in [3.8, 4) is 0 Å². The van der Waals surface area contributed by atoms with Gasteiger partial charge in [-0.05, 0) is 87.6 Å². The number of carbonyl (C=O) groups is 2. The number of benzene rings is 3. The van der Waals surface area contributed by atoms with Crippen molar-refractivity contribution in [3.05, 3.63) is 95.1 Å². The first-order valence-electron chi connectivity index (χ1n) is 13.2. The molecule has 7 nitrogen and oxygen atoms in total. The third-order valence-corrected chi connectivity index (χ3v) is 8.66. The fourth-order valence-corrected chi connectivity index (χ4v) is 5.78. The quantitative estimate of drug-likeness (QED) is 0.359. The second kappa shape index (κ2) is 12.9. The van der Waals surface area contributed by atoms with Crippen molar-refractivity contribution in [2.75, 3.05) is 10.8 Å². The summed E-state index contributed by atoms with van der Waals surface area (Å²) in [6, 6.07) is 20.3. The molecule has 0 radical (unpaired) electrons. The zero-order chi connectivity index (χ0) is 28.7. The third-order valence-electron chi connectivity index (χ3n) is 6.87. The van der Waals surface area contributed by atoms with Crippen LogP contribution in [0.2, 0.25) is 0 Å². The van der Waals surface area contributed by atoms with Gasteiger partial charge in [0.25, 0.3) is 10.0 Å². The Morgan fingerprint density at radius 2 is 1.46 bits per heavy atom. The standard InChI is InChI=1S/C31H39N3O4S/c1-7-25(5)32-31(36)26(6)33(20-27-14-12-11-13-24(27)4)30(35)21-34(28-18-22(2)17-23(3)19-28)39(37,38)29-15-9-8-10-16-29/h8-19,25-26H,7,20-21H2,1-6H3,(H,32,36)/t25-,26+/m0/s1. The number of anilines is 1. The highest BCUT2D eigenvalue weighted by molar-refractivity contribution is 7.92. The lowest BCUT2D eigenvalue weighted by Gasteiger charge is -2.33. The first-order chi connectivity index (χ1) is 18.4. The van der Waals surface area contributed by atoms with Gasteiger partial charge in [-0.1, -0.05) is 55.5 Å². The van der Waals surface area contributed by atoms with Crippen LogP contribution < -0.4 is 9.62 Å². The van der Waals surface area contributed by atoms with Crippen LogP contribution in [0, 0.1) is 20.8 Å². The molecule has 8 heteroatoms. The minimum absolute atomic E-state index is 0.0550. The average molecular weight is 550 g/mol. The van der Waals surface area contributed by atoms with Gasteiger partial charge in [-0.25, -0.2) is 8.42 Å². The van der Waals surface area contributed by atoms with Crippen molar-refractivity contribution in [2.24, 2.45) is 0 Å². The van der Waals surface area contributed by atoms with Crippen LogP contribution in [0.1, 0.15) is 49.4 Å². The summed E-state index contributed by atoms with van der Waals surface area (Å²) < 4.78 is 28.9. The zero-order valence-electron chi connectivity index (χ0n) is 23.6. The molecular weight excluding hydrogens is 510 g/mol. The molecule has 2 atom stereocenters. The molecule has 2 amide bonds. The number of rotatable bonds is 11. The highest BCUT2D eigenvalue weighted by Gasteiger charge is 2.33. The molecule has 208 valence electrons. The number of nitrogens with one attached hydrogen (secondary N) is 1. The Kier molecular flexibility index (Phi) is 9.92. The largest absolute Gasteiger partial charge is 0.352 e. The summed E-state index contributed by atoms with van der Waals surface area (Å²) in [5, 5.41) is 2.96. The van der Waals surface area contributed by atoms with Gasteiger partial charge in [-0.15, -0.1) is 0 Å². The van der Waals surface area contributed by atoms with E-state index in [0.717, 1.165) is 33.0 Å². The average Bonchev–Trinajstić information content (AvgIpc) is 2.90. The summed E-state index contributed by atoms with van der Waals surface area (Å²) in [6.07, 6.45) is 0.750. The Hall–Kier alpha value is -3.65. The van der Waals surface area contributed by atoms with Crippen molar-refractivity contribution in [3.63, 3.8) is 0 Å². The second-order valence-electron chi connectivity index (χ2n) is 10.1. The number of sulfonamides is 1. The summed E-state index contributed by atoms with van der Waals surface area (Å²) in [6.45, 7) is 11.0. The molecule has 0 spiro atoms. The predicted octanol–water partition coefficient (Wildman–Crippen LogP) is 5.14. The number of nitrogens with zero attached hydrogens (tertiary/aromatic N) is 2. The lowest BCUT2D eigenvalue weighted by atomic mass is 10.1. The maximum Gasteiger partial charge on any atom is 0.264 e. The van der Waals surface area contributed by atoms with Gasteiger partial charge in [-0.2, -0.15) is 0 Å². The van der Waals surface area contributed by atoms with Crippen LogP contribution in [0.4, 0.5) is 5.69 Å². The molecular formula is C31H39N3O4S. The lowest BCUT2D eigenvalue weighted by molar-refractivity contribution is -0.139. The molecule has 0 heterocycles. The Morgan fingerprint density at radius 3 is 2.05 bits per heavy atom. The third kappa shape index (κ3) is 7.47. The monoisotopic (exact) mass is 549 g/mol. The van der Waals surface area contributed by atoms with Gasteiger partial charge in [-0.3, -0.25) is 13.9 Å². The molecule has 3 aromatic carbocycles. The predicted molar refractivity (Wildman–Crippen MR) is 156 cm³/mol. The van der Waals surface area contributed by atoms with Gasteiger partial charge in [0.05, 0.1) is 10.6 Å². The zero-order valence-corrected chi connectivity index (χ0v) is 24.5. The van der Waals surface area contributed by atoms with Crippen LogP contribution in [0.3, 0.4) is 0 Å². The molecule has 0 aliphatic carbocycles. The van der Waals surface area contributed by atoms with E-state index in [1.807, 2.05) is 65.0 Å². The molecule has 39 heavy (non-hydrogen) atoms. The van der Waals surface area contributed by atoms with Crippen molar-refractivity contribution < 1.29 is 18.0 Å². The maximum atomic E-state index is 14.0. The number of amides is 2. The van der Waals surface area contributed by atoms with Crippen LogP contribution in [-0.4, -0.2) is 43.8 Å². The van der Waals surface area contributed by atoms with Gasteiger partial charge in [0.15, 0.2) is 0 Å². The van der Waals surface area contributed by atoms with E-state index in [0.29, 0.717) is 5.69 Å². The summed E-state index contributed by atoms with van der Waals surface area (Å²) in [5.41, 5.74) is 4.02. The molecule has 0 aromatic heterocycles. The second-order valence-corrected chi connectivity index (χ2v) is 12.0. The topological polar surface area (TPSA) is 86.8 Å². The number of hydrogen-bond donors (Lipinski definition) is 1. The van der Waals surface area contributed by atoms with E-state index in [2.05, 4.69) is 5.32 Å². The van der Waals surface area contributed by atoms with E-state index in [1.54, 1.807) is 37.3 Å². The Morgan fingerprint density at radius 1 is 0.872 bits per heavy atom. The molecule has 0 aliphatic heterocycles. The molecule has 0 saturated heterocycles. The van der Waals surface area contributed by atoms with E-state index >= 15 is 0 Å². The molecule has 0 unspecified atom stereocenters. The Bertz CT molecular complexity index is 1390. The van der Waals surface area contributed by atoms with Crippen molar-refractivity contribution in [1.29, 1.82) is 0 Å². The maximum absolute atomic E-state index is 14.0. The Labute approximate surface area is 232 Å². The van der Waals surface area contributed by atoms with E-state index in [4.69, 9.17) is 0 Å². The first kappa shape index (κ1) is 29.9. The van der Waals surface area contributed by atoms with Gasteiger partial charge in [0.1, 0.15) is 12.6 Å². The van der Waals surface area contributed by atoms with Crippen LogP contribution >= 0.6 is 0 Å². The minimum Gasteiger partial charge on any atom is -0.352 e. The summed E-state index contributed by atoms with van der Waals surface area (Å²) in [7, 11) is -4.08. The normalized spacial score (nSPS) is 12.9. The molecule has 3 rings (SSSR count). The molecule has 3 aromatic rings. The number of hydrogen-bond acceptors (Lipinski definition) is 4. The minimum atomic E-state index is -4.08. The SMILES string of the molecule is CC[C@H](C)NC(=O)[C@@H](C)N(Cc1ccccc1C)C(=O)CN(c1cc(C)cc(C)c1)S(=O)(=O)c1ccccc1. The molecule has 1 N–H and O–H groups in total. The molecule has 0 saturated carbocycles. The first-order valence-corrected chi connectivity index (χ1v) is 14.7. The van der Waals surface area contributed by atoms with Crippen LogP contribution in [0.5, 0.6) is 0 Å². The van der Waals surface area contributed by atoms with Gasteiger partial charge >= 0.3 is 0 Å². The smallest absolute Gasteiger partial charge is 0.264 e. The van der Waals surface area contributed by atoms with E-state index in [9.17, 15) is 18.0 Å². The van der Waals surface area contributed by atoms with E-state index < -0.39 is 28.5 Å². The lowest BCUT2D eigenvalue weighted by Crippen LogP contribution is -2.52. The van der Waals surface area contributed by atoms with Crippen molar-refractivity contribution in [2.45, 2.75) is 71.5 Å². The van der Waals surface area contributed by atoms with Gasteiger partial charge in [0, 0.05) is 12.6 Å². The summed E-state index contributed by atoms with van der Waals surface area (Å²) in [5.74, 6) is -0.751. The Balaban J connectivity index is 2.06. The van der Waals surface area contributed by atoms with E-state index in [-0.39, 0.29) is 23.4 Å². The highest BCUT2D eigenvalue weighted by atomic mass is 32.2. The number of aryl methyl sites for hydroxylation is 3. The highest BCUT2D eigenvalue weighted by Crippen LogP contribution is 2.27. The fraction of sp³-hybridized carbons (Fsp3) is 0.355. The van der Waals surface area contributed by atoms with Crippen LogP contribution in [-0.2, 0) is 26.2 Å². The van der Waals surface area contributed by atoms with Crippen molar-refractivity contribution in [1.82, 2.24) is 10.2 Å². The molecule has 0 fully saturated rings. The van der Waals surface area contributed by atoms with Crippen LogP contribution in [0.25, 0.3) is 0 Å². The van der Waals surface area contributed by atoms with E-state index in [1.165, 1.54) is 17.0 Å². The van der Waals surface area contributed by atoms with Crippen molar-refractivity contribution >= 4 is 27.5 Å². The fourth-order valence-electron chi connectivity index (χ4n) is 4.36. The van der Waals surface area contributed by atoms with Gasteiger partial charge in [0.2, 0.25) is 11.8 Å². The van der Waals surface area contributed by atoms with Gasteiger partial charge < -0.3 is 10.2 Å². The molecule has 0 bridgehead atoms. The van der Waals surface area contributed by atoms with Crippen LogP contribution in [0.15, 0.2) is 77.7 Å². The molecule has 0 aliphatic rings. The summed E-state index contributed by atoms with van der Waals surface area (Å²) in [4.78, 5) is 28.7. The summed E-state index contributed by atoms with van der Waals surface area (Å²) >= 11 is 0. The number of carbonyl (C=O) groups excluding carboxylic acids is 2.